The van der Waals surface area contributed by atoms with E-state index in [0.29, 0.717) is 28.5 Å². The average Bonchev–Trinajstić information content (AvgIpc) is 3.13. The fraction of sp³-hybridized carbons (Fsp3) is 0. The van der Waals surface area contributed by atoms with Crippen molar-refractivity contribution in [3.63, 3.8) is 0 Å². The van der Waals surface area contributed by atoms with Gasteiger partial charge in [0.05, 0.1) is 17.4 Å². The summed E-state index contributed by atoms with van der Waals surface area (Å²) in [6.07, 6.45) is 0. The molecule has 0 saturated heterocycles. The zero-order chi connectivity index (χ0) is 14.0. The van der Waals surface area contributed by atoms with E-state index < -0.39 is 0 Å². The molecule has 5 rings (SSSR count). The molecule has 0 unspecified atom stereocenters. The molecule has 1 aliphatic rings. The highest BCUT2D eigenvalue weighted by Crippen LogP contribution is 2.43. The lowest BCUT2D eigenvalue weighted by atomic mass is 10.2. The molecular formula is C10H5N9OS. The van der Waals surface area contributed by atoms with E-state index in [9.17, 15) is 0 Å². The van der Waals surface area contributed by atoms with E-state index in [2.05, 4.69) is 39.0 Å². The number of hydrogen-bond acceptors (Lipinski definition) is 11. The third-order valence-electron chi connectivity index (χ3n) is 3.22. The molecule has 0 saturated carbocycles. The van der Waals surface area contributed by atoms with E-state index in [1.54, 1.807) is 0 Å². The van der Waals surface area contributed by atoms with Gasteiger partial charge in [-0.3, -0.25) is 5.01 Å². The number of hydrazine groups is 1. The standard InChI is InChI=1S/C10H5N9OS/c11-19-6-4(2-1-3-5(6)18-21-17-3)12-9-10(19)14-8-7(13-9)15-20-16-8/h1-2H,11H2,(H,12,13,15). The first-order valence-electron chi connectivity index (χ1n) is 5.89. The summed E-state index contributed by atoms with van der Waals surface area (Å²) >= 11 is 1.13. The number of nitrogens with two attached hydrogens (primary N) is 1. The monoisotopic (exact) mass is 299 g/mol. The molecule has 3 aromatic heterocycles. The van der Waals surface area contributed by atoms with Crippen LogP contribution < -0.4 is 16.2 Å². The zero-order valence-corrected chi connectivity index (χ0v) is 11.0. The molecule has 1 aromatic carbocycles. The van der Waals surface area contributed by atoms with Gasteiger partial charge in [0.15, 0.2) is 11.6 Å². The molecule has 10 nitrogen and oxygen atoms in total. The summed E-state index contributed by atoms with van der Waals surface area (Å²) in [5.74, 6) is 7.10. The summed E-state index contributed by atoms with van der Waals surface area (Å²) in [5, 5.41) is 11.9. The van der Waals surface area contributed by atoms with Crippen LogP contribution in [0, 0.1) is 0 Å². The maximum absolute atomic E-state index is 6.19. The smallest absolute Gasteiger partial charge is 0.245 e. The first-order valence-corrected chi connectivity index (χ1v) is 6.62. The van der Waals surface area contributed by atoms with Crippen LogP contribution in [0.2, 0.25) is 0 Å². The van der Waals surface area contributed by atoms with Crippen molar-refractivity contribution in [3.05, 3.63) is 12.1 Å². The van der Waals surface area contributed by atoms with Gasteiger partial charge >= 0.3 is 0 Å². The van der Waals surface area contributed by atoms with Gasteiger partial charge in [-0.1, -0.05) is 0 Å². The van der Waals surface area contributed by atoms with Crippen molar-refractivity contribution < 1.29 is 4.63 Å². The first-order chi connectivity index (χ1) is 10.3. The molecule has 0 aliphatic carbocycles. The third kappa shape index (κ3) is 1.33. The Hall–Kier alpha value is -2.92. The highest BCUT2D eigenvalue weighted by molar-refractivity contribution is 7.00. The Labute approximate surface area is 119 Å². The summed E-state index contributed by atoms with van der Waals surface area (Å²) in [6, 6.07) is 3.74. The summed E-state index contributed by atoms with van der Waals surface area (Å²) < 4.78 is 13.1. The molecule has 0 radical (unpaired) electrons. The predicted molar refractivity (Wildman–Crippen MR) is 74.4 cm³/mol. The molecule has 0 atom stereocenters. The maximum atomic E-state index is 6.19. The van der Waals surface area contributed by atoms with E-state index in [1.807, 2.05) is 12.1 Å². The van der Waals surface area contributed by atoms with Crippen LogP contribution in [0.4, 0.5) is 23.0 Å². The lowest BCUT2D eigenvalue weighted by molar-refractivity contribution is 0.314. The normalized spacial score (nSPS) is 13.3. The lowest BCUT2D eigenvalue weighted by Crippen LogP contribution is -2.31. The summed E-state index contributed by atoms with van der Waals surface area (Å²) in [5.41, 5.74) is 3.55. The number of benzene rings is 1. The van der Waals surface area contributed by atoms with Gasteiger partial charge in [-0.15, -0.1) is 0 Å². The molecule has 4 heterocycles. The topological polar surface area (TPSA) is 132 Å². The van der Waals surface area contributed by atoms with E-state index in [-0.39, 0.29) is 5.65 Å². The van der Waals surface area contributed by atoms with Crippen LogP contribution in [0.1, 0.15) is 0 Å². The van der Waals surface area contributed by atoms with Crippen LogP contribution in [0.15, 0.2) is 16.8 Å². The Morgan fingerprint density at radius 2 is 2.00 bits per heavy atom. The van der Waals surface area contributed by atoms with Gasteiger partial charge in [0.1, 0.15) is 16.7 Å². The molecule has 21 heavy (non-hydrogen) atoms. The zero-order valence-electron chi connectivity index (χ0n) is 10.2. The number of fused-ring (bicyclic) bond motifs is 5. The molecular weight excluding hydrogens is 294 g/mol. The molecule has 102 valence electrons. The summed E-state index contributed by atoms with van der Waals surface area (Å²) in [7, 11) is 0. The Morgan fingerprint density at radius 3 is 2.90 bits per heavy atom. The van der Waals surface area contributed by atoms with Crippen molar-refractivity contribution >= 4 is 57.1 Å². The Kier molecular flexibility index (Phi) is 1.85. The highest BCUT2D eigenvalue weighted by Gasteiger charge is 2.27. The van der Waals surface area contributed by atoms with Crippen LogP contribution in [-0.4, -0.2) is 29.0 Å². The molecule has 0 amide bonds. The number of hydrogen-bond donors (Lipinski definition) is 2. The van der Waals surface area contributed by atoms with Crippen molar-refractivity contribution in [2.24, 2.45) is 5.84 Å². The lowest BCUT2D eigenvalue weighted by Gasteiger charge is -2.27. The van der Waals surface area contributed by atoms with Gasteiger partial charge in [-0.05, 0) is 22.4 Å². The van der Waals surface area contributed by atoms with E-state index >= 15 is 0 Å². The van der Waals surface area contributed by atoms with Crippen molar-refractivity contribution in [1.82, 2.24) is 29.0 Å². The van der Waals surface area contributed by atoms with Gasteiger partial charge in [-0.2, -0.15) is 13.7 Å². The number of nitrogens with zero attached hydrogens (tertiary/aromatic N) is 7. The number of aromatic nitrogens is 6. The predicted octanol–water partition coefficient (Wildman–Crippen LogP) is 1.09. The SMILES string of the molecule is NN1c2nc3nonc3nc2Nc2ccc3nsnc3c21. The maximum Gasteiger partial charge on any atom is 0.245 e. The van der Waals surface area contributed by atoms with E-state index in [1.165, 1.54) is 5.01 Å². The van der Waals surface area contributed by atoms with Crippen molar-refractivity contribution in [2.45, 2.75) is 0 Å². The van der Waals surface area contributed by atoms with Crippen LogP contribution >= 0.6 is 11.7 Å². The largest absolute Gasteiger partial charge is 0.335 e. The van der Waals surface area contributed by atoms with Crippen LogP contribution in [0.3, 0.4) is 0 Å². The third-order valence-corrected chi connectivity index (χ3v) is 3.76. The van der Waals surface area contributed by atoms with E-state index in [0.717, 1.165) is 22.9 Å². The second-order valence-corrected chi connectivity index (χ2v) is 4.92. The molecule has 3 N–H and O–H groups in total. The number of nitrogens with one attached hydrogen (secondary N) is 1. The minimum Gasteiger partial charge on any atom is -0.335 e. The van der Waals surface area contributed by atoms with Gasteiger partial charge < -0.3 is 5.32 Å². The minimum atomic E-state index is 0.290. The van der Waals surface area contributed by atoms with Crippen molar-refractivity contribution in [1.29, 1.82) is 0 Å². The van der Waals surface area contributed by atoms with Gasteiger partial charge in [-0.25, -0.2) is 15.5 Å². The van der Waals surface area contributed by atoms with Crippen LogP contribution in [0.25, 0.3) is 22.3 Å². The Balaban J connectivity index is 1.82. The highest BCUT2D eigenvalue weighted by atomic mass is 32.1. The molecule has 0 bridgehead atoms. The minimum absolute atomic E-state index is 0.290. The number of anilines is 4. The summed E-state index contributed by atoms with van der Waals surface area (Å²) in [4.78, 5) is 8.61. The van der Waals surface area contributed by atoms with Gasteiger partial charge in [0.2, 0.25) is 11.3 Å². The number of rotatable bonds is 0. The second-order valence-electron chi connectivity index (χ2n) is 4.40. The van der Waals surface area contributed by atoms with Crippen molar-refractivity contribution in [3.8, 4) is 0 Å². The second kappa shape index (κ2) is 3.59. The van der Waals surface area contributed by atoms with E-state index in [4.69, 9.17) is 5.84 Å². The van der Waals surface area contributed by atoms with Crippen molar-refractivity contribution in [2.75, 3.05) is 10.3 Å². The molecule has 11 heteroatoms. The molecule has 0 spiro atoms. The summed E-state index contributed by atoms with van der Waals surface area (Å²) in [6.45, 7) is 0. The first kappa shape index (κ1) is 10.8. The average molecular weight is 299 g/mol. The fourth-order valence-corrected chi connectivity index (χ4v) is 2.84. The van der Waals surface area contributed by atoms with Crippen LogP contribution in [-0.2, 0) is 0 Å². The van der Waals surface area contributed by atoms with Gasteiger partial charge in [0, 0.05) is 0 Å². The molecule has 4 aromatic rings. The fourth-order valence-electron chi connectivity index (χ4n) is 2.30. The quantitative estimate of drug-likeness (QED) is 0.454. The Morgan fingerprint density at radius 1 is 1.14 bits per heavy atom. The van der Waals surface area contributed by atoms with Gasteiger partial charge in [0.25, 0.3) is 0 Å². The molecule has 0 fully saturated rings. The Bertz CT molecular complexity index is 1010. The van der Waals surface area contributed by atoms with Crippen LogP contribution in [0.5, 0.6) is 0 Å². The molecule has 1 aliphatic heterocycles.